The van der Waals surface area contributed by atoms with Crippen LogP contribution in [0.1, 0.15) is 18.4 Å². The molecular formula is C11H15ClN3O2+. The molecule has 2 N–H and O–H groups in total. The Morgan fingerprint density at radius 3 is 2.71 bits per heavy atom. The smallest absolute Gasteiger partial charge is 0.449 e. The zero-order valence-electron chi connectivity index (χ0n) is 9.61. The van der Waals surface area contributed by atoms with E-state index < -0.39 is 6.09 Å². The van der Waals surface area contributed by atoms with Gasteiger partial charge in [-0.15, -0.1) is 0 Å². The van der Waals surface area contributed by atoms with Gasteiger partial charge in [-0.2, -0.15) is 10.0 Å². The van der Waals surface area contributed by atoms with Crippen LogP contribution in [0.3, 0.4) is 0 Å². The third-order valence-corrected chi connectivity index (χ3v) is 3.53. The molecule has 1 fully saturated rings. The SMILES string of the molecule is Cc1cc([N+]2(NC(=O)O)CCCC2)cnc1Cl. The maximum Gasteiger partial charge on any atom is 0.449 e. The van der Waals surface area contributed by atoms with Crippen molar-refractivity contribution >= 4 is 23.4 Å². The summed E-state index contributed by atoms with van der Waals surface area (Å²) in [7, 11) is 0. The van der Waals surface area contributed by atoms with Crippen molar-refractivity contribution in [1.82, 2.24) is 15.0 Å². The van der Waals surface area contributed by atoms with Crippen molar-refractivity contribution in [3.63, 3.8) is 0 Å². The van der Waals surface area contributed by atoms with E-state index in [1.807, 2.05) is 13.0 Å². The van der Waals surface area contributed by atoms with E-state index in [0.717, 1.165) is 37.2 Å². The zero-order chi connectivity index (χ0) is 12.5. The number of aryl methyl sites for hydroxylation is 1. The molecular weight excluding hydrogens is 242 g/mol. The molecule has 0 atom stereocenters. The van der Waals surface area contributed by atoms with Gasteiger partial charge in [0.2, 0.25) is 0 Å². The molecule has 5 nitrogen and oxygen atoms in total. The maximum absolute atomic E-state index is 10.9. The highest BCUT2D eigenvalue weighted by atomic mass is 35.5. The van der Waals surface area contributed by atoms with Crippen LogP contribution < -0.4 is 10.0 Å². The number of rotatable bonds is 2. The van der Waals surface area contributed by atoms with Crippen LogP contribution >= 0.6 is 11.6 Å². The fourth-order valence-electron chi connectivity index (χ4n) is 2.27. The molecule has 0 radical (unpaired) electrons. The van der Waals surface area contributed by atoms with E-state index in [1.54, 1.807) is 6.20 Å². The van der Waals surface area contributed by atoms with E-state index >= 15 is 0 Å². The minimum absolute atomic E-state index is 0.250. The zero-order valence-corrected chi connectivity index (χ0v) is 10.4. The molecule has 6 heteroatoms. The van der Waals surface area contributed by atoms with Gasteiger partial charge in [0, 0.05) is 18.9 Å². The molecule has 1 aromatic rings. The first-order valence-corrected chi connectivity index (χ1v) is 5.92. The van der Waals surface area contributed by atoms with Crippen LogP contribution in [-0.2, 0) is 0 Å². The lowest BCUT2D eigenvalue weighted by Crippen LogP contribution is -2.59. The molecule has 1 aliphatic rings. The Bertz CT molecular complexity index is 444. The molecule has 1 aliphatic heterocycles. The summed E-state index contributed by atoms with van der Waals surface area (Å²) < 4.78 is 0.250. The van der Waals surface area contributed by atoms with Crippen LogP contribution in [0.5, 0.6) is 0 Å². The van der Waals surface area contributed by atoms with Gasteiger partial charge in [0.15, 0.2) is 5.69 Å². The number of nitrogens with one attached hydrogen (secondary N) is 1. The molecule has 92 valence electrons. The van der Waals surface area contributed by atoms with Gasteiger partial charge in [-0.3, -0.25) is 0 Å². The number of hydrogen-bond donors (Lipinski definition) is 2. The second-order valence-electron chi connectivity index (χ2n) is 4.34. The molecule has 1 aromatic heterocycles. The Kier molecular flexibility index (Phi) is 3.22. The highest BCUT2D eigenvalue weighted by Gasteiger charge is 2.37. The van der Waals surface area contributed by atoms with Crippen LogP contribution in [0.2, 0.25) is 5.15 Å². The van der Waals surface area contributed by atoms with Crippen molar-refractivity contribution in [2.45, 2.75) is 19.8 Å². The lowest BCUT2D eigenvalue weighted by atomic mass is 10.2. The number of aromatic nitrogens is 1. The van der Waals surface area contributed by atoms with Gasteiger partial charge < -0.3 is 5.11 Å². The van der Waals surface area contributed by atoms with Gasteiger partial charge in [-0.1, -0.05) is 11.6 Å². The van der Waals surface area contributed by atoms with Crippen molar-refractivity contribution in [1.29, 1.82) is 0 Å². The fraction of sp³-hybridized carbons (Fsp3) is 0.455. The lowest BCUT2D eigenvalue weighted by Gasteiger charge is -2.31. The molecule has 0 bridgehead atoms. The fourth-order valence-corrected chi connectivity index (χ4v) is 2.37. The topological polar surface area (TPSA) is 62.2 Å². The molecule has 0 spiro atoms. The number of amides is 1. The Balaban J connectivity index is 2.38. The first kappa shape index (κ1) is 12.1. The first-order valence-electron chi connectivity index (χ1n) is 5.54. The van der Waals surface area contributed by atoms with Crippen molar-refractivity contribution < 1.29 is 9.90 Å². The van der Waals surface area contributed by atoms with Gasteiger partial charge in [0.1, 0.15) is 18.2 Å². The normalized spacial score (nSPS) is 18.0. The van der Waals surface area contributed by atoms with Gasteiger partial charge in [-0.05, 0) is 12.5 Å². The largest absolute Gasteiger partial charge is 0.462 e. The van der Waals surface area contributed by atoms with E-state index in [1.165, 1.54) is 0 Å². The van der Waals surface area contributed by atoms with Crippen LogP contribution in [0.15, 0.2) is 12.3 Å². The van der Waals surface area contributed by atoms with E-state index in [4.69, 9.17) is 16.7 Å². The molecule has 0 saturated carbocycles. The van der Waals surface area contributed by atoms with Gasteiger partial charge >= 0.3 is 6.09 Å². The minimum atomic E-state index is -1.01. The first-order chi connectivity index (χ1) is 8.03. The van der Waals surface area contributed by atoms with E-state index in [0.29, 0.717) is 5.15 Å². The van der Waals surface area contributed by atoms with Crippen molar-refractivity contribution in [3.05, 3.63) is 23.0 Å². The van der Waals surface area contributed by atoms with Crippen molar-refractivity contribution in [3.8, 4) is 0 Å². The van der Waals surface area contributed by atoms with E-state index in [9.17, 15) is 4.79 Å². The minimum Gasteiger partial charge on any atom is -0.462 e. The summed E-state index contributed by atoms with van der Waals surface area (Å²) in [5.41, 5.74) is 4.30. The number of halogens is 1. The van der Waals surface area contributed by atoms with E-state index in [-0.39, 0.29) is 4.59 Å². The summed E-state index contributed by atoms with van der Waals surface area (Å²) in [5, 5.41) is 9.41. The average Bonchev–Trinajstić information content (AvgIpc) is 2.70. The summed E-state index contributed by atoms with van der Waals surface area (Å²) in [4.78, 5) is 15.0. The van der Waals surface area contributed by atoms with Crippen LogP contribution in [0.25, 0.3) is 0 Å². The predicted octanol–water partition coefficient (Wildman–Crippen LogP) is 2.33. The Labute approximate surface area is 105 Å². The average molecular weight is 257 g/mol. The standard InChI is InChI=1S/C11H14ClN3O2/c1-8-6-9(7-13-10(8)12)15(14-11(16)17)4-2-3-5-15/h6-7,14H,2-5H2,1H3/p+1. The maximum atomic E-state index is 10.9. The Morgan fingerprint density at radius 1 is 1.53 bits per heavy atom. The van der Waals surface area contributed by atoms with E-state index in [2.05, 4.69) is 10.4 Å². The molecule has 1 amide bonds. The number of carbonyl (C=O) groups is 1. The van der Waals surface area contributed by atoms with Gasteiger partial charge in [-0.25, -0.2) is 9.78 Å². The second kappa shape index (κ2) is 4.50. The molecule has 1 saturated heterocycles. The summed E-state index contributed by atoms with van der Waals surface area (Å²) in [6.07, 6.45) is 2.64. The van der Waals surface area contributed by atoms with Crippen LogP contribution in [0, 0.1) is 6.92 Å². The Hall–Kier alpha value is -1.33. The number of nitrogens with zero attached hydrogens (tertiary/aromatic N) is 2. The van der Waals surface area contributed by atoms with Gasteiger partial charge in [0.05, 0.1) is 6.20 Å². The highest BCUT2D eigenvalue weighted by molar-refractivity contribution is 6.30. The van der Waals surface area contributed by atoms with Crippen molar-refractivity contribution in [2.75, 3.05) is 13.1 Å². The third kappa shape index (κ3) is 2.35. The molecule has 0 aliphatic carbocycles. The molecule has 2 rings (SSSR count). The second-order valence-corrected chi connectivity index (χ2v) is 4.70. The van der Waals surface area contributed by atoms with Crippen molar-refractivity contribution in [2.24, 2.45) is 0 Å². The number of carboxylic acid groups (broad SMARTS) is 1. The molecule has 0 unspecified atom stereocenters. The van der Waals surface area contributed by atoms with Gasteiger partial charge in [0.25, 0.3) is 0 Å². The third-order valence-electron chi connectivity index (χ3n) is 3.13. The summed E-state index contributed by atoms with van der Waals surface area (Å²) >= 11 is 5.88. The monoisotopic (exact) mass is 256 g/mol. The summed E-state index contributed by atoms with van der Waals surface area (Å²) in [6, 6.07) is 1.90. The quantitative estimate of drug-likeness (QED) is 0.631. The number of pyridine rings is 1. The number of quaternary nitrogens is 1. The lowest BCUT2D eigenvalue weighted by molar-refractivity contribution is 0.154. The molecule has 17 heavy (non-hydrogen) atoms. The highest BCUT2D eigenvalue weighted by Crippen LogP contribution is 2.28. The summed E-state index contributed by atoms with van der Waals surface area (Å²) in [5.74, 6) is 0. The summed E-state index contributed by atoms with van der Waals surface area (Å²) in [6.45, 7) is 3.39. The van der Waals surface area contributed by atoms with Crippen LogP contribution in [0.4, 0.5) is 10.5 Å². The number of hydrogen-bond acceptors (Lipinski definition) is 2. The molecule has 0 aromatic carbocycles. The predicted molar refractivity (Wildman–Crippen MR) is 65.9 cm³/mol. The van der Waals surface area contributed by atoms with Crippen LogP contribution in [-0.4, -0.2) is 29.3 Å². The molecule has 2 heterocycles. The Morgan fingerprint density at radius 2 is 2.18 bits per heavy atom.